The van der Waals surface area contributed by atoms with Gasteiger partial charge in [-0.15, -0.1) is 0 Å². The van der Waals surface area contributed by atoms with Crippen LogP contribution in [-0.4, -0.2) is 18.2 Å². The van der Waals surface area contributed by atoms with Gasteiger partial charge in [0.1, 0.15) is 6.61 Å². The highest BCUT2D eigenvalue weighted by molar-refractivity contribution is 6.37. The maximum absolute atomic E-state index is 13.4. The number of ether oxygens (including phenoxy) is 1. The van der Waals surface area contributed by atoms with Crippen LogP contribution in [0.3, 0.4) is 0 Å². The number of hydrogen-bond donors (Lipinski definition) is 1. The molecule has 4 nitrogen and oxygen atoms in total. The van der Waals surface area contributed by atoms with Gasteiger partial charge in [-0.05, 0) is 41.4 Å². The molecular weight excluding hydrogens is 445 g/mol. The largest absolute Gasteiger partial charge is 0.486 e. The number of dihydropyridines is 1. The standard InChI is InChI=1S/C26H29Cl2NO3/c1-6-7-32-24-15(27)8-14(9-16(24)28)21-22-17(10-25(2,3)12-19(22)30)29-18-11-26(4,5)13-20(31)23(18)21/h6,8-9,21,29H,1,7,10-13H2,2-5H3. The lowest BCUT2D eigenvalue weighted by atomic mass is 9.64. The molecule has 1 heterocycles. The van der Waals surface area contributed by atoms with E-state index in [0.717, 1.165) is 29.8 Å². The molecule has 6 heteroatoms. The summed E-state index contributed by atoms with van der Waals surface area (Å²) in [5, 5.41) is 4.22. The van der Waals surface area contributed by atoms with E-state index in [1.165, 1.54) is 0 Å². The van der Waals surface area contributed by atoms with E-state index in [9.17, 15) is 9.59 Å². The Labute approximate surface area is 199 Å². The van der Waals surface area contributed by atoms with Crippen molar-refractivity contribution in [1.29, 1.82) is 0 Å². The summed E-state index contributed by atoms with van der Waals surface area (Å²) in [6.07, 6.45) is 3.99. The van der Waals surface area contributed by atoms with Crippen LogP contribution in [0, 0.1) is 10.8 Å². The fraction of sp³-hybridized carbons (Fsp3) is 0.462. The summed E-state index contributed by atoms with van der Waals surface area (Å²) in [5.41, 5.74) is 3.63. The second-order valence-corrected chi connectivity index (χ2v) is 11.5. The average Bonchev–Trinajstić information content (AvgIpc) is 2.63. The normalized spacial score (nSPS) is 22.3. The molecular formula is C26H29Cl2NO3. The lowest BCUT2D eigenvalue weighted by molar-refractivity contribution is -0.119. The van der Waals surface area contributed by atoms with Gasteiger partial charge in [0.2, 0.25) is 0 Å². The van der Waals surface area contributed by atoms with Crippen molar-refractivity contribution in [2.24, 2.45) is 10.8 Å². The predicted molar refractivity (Wildman–Crippen MR) is 128 cm³/mol. The topological polar surface area (TPSA) is 55.4 Å². The Morgan fingerprint density at radius 2 is 1.44 bits per heavy atom. The van der Waals surface area contributed by atoms with Crippen molar-refractivity contribution in [3.05, 3.63) is 62.9 Å². The molecule has 0 saturated carbocycles. The molecule has 0 bridgehead atoms. The van der Waals surface area contributed by atoms with Gasteiger partial charge >= 0.3 is 0 Å². The van der Waals surface area contributed by atoms with Crippen molar-refractivity contribution in [3.63, 3.8) is 0 Å². The van der Waals surface area contributed by atoms with Gasteiger partial charge < -0.3 is 10.1 Å². The van der Waals surface area contributed by atoms with Gasteiger partial charge in [-0.25, -0.2) is 0 Å². The Balaban J connectivity index is 1.90. The van der Waals surface area contributed by atoms with Crippen molar-refractivity contribution < 1.29 is 14.3 Å². The van der Waals surface area contributed by atoms with Gasteiger partial charge in [-0.2, -0.15) is 0 Å². The first-order valence-electron chi connectivity index (χ1n) is 10.9. The molecule has 1 N–H and O–H groups in total. The first-order valence-corrected chi connectivity index (χ1v) is 11.7. The van der Waals surface area contributed by atoms with E-state index in [4.69, 9.17) is 27.9 Å². The number of carbonyl (C=O) groups excluding carboxylic acids is 2. The van der Waals surface area contributed by atoms with Crippen LogP contribution in [-0.2, 0) is 9.59 Å². The molecule has 2 aliphatic carbocycles. The third kappa shape index (κ3) is 4.15. The number of nitrogens with one attached hydrogen (secondary N) is 1. The number of halogens is 2. The van der Waals surface area contributed by atoms with E-state index >= 15 is 0 Å². The number of Topliss-reactive ketones (excluding diaryl/α,β-unsaturated/α-hetero) is 2. The summed E-state index contributed by atoms with van der Waals surface area (Å²) < 4.78 is 5.62. The molecule has 0 saturated heterocycles. The van der Waals surface area contributed by atoms with Gasteiger partial charge in [0.15, 0.2) is 17.3 Å². The Morgan fingerprint density at radius 3 is 1.88 bits per heavy atom. The zero-order valence-corrected chi connectivity index (χ0v) is 20.5. The highest BCUT2D eigenvalue weighted by atomic mass is 35.5. The molecule has 0 radical (unpaired) electrons. The Hall–Kier alpha value is -2.04. The van der Waals surface area contributed by atoms with E-state index in [2.05, 4.69) is 39.6 Å². The summed E-state index contributed by atoms with van der Waals surface area (Å²) in [4.78, 5) is 26.8. The molecule has 1 aromatic rings. The Bertz CT molecular complexity index is 1020. The van der Waals surface area contributed by atoms with Crippen LogP contribution in [0.4, 0.5) is 0 Å². The lowest BCUT2D eigenvalue weighted by Crippen LogP contribution is -2.42. The molecule has 0 atom stereocenters. The second-order valence-electron chi connectivity index (χ2n) is 10.6. The van der Waals surface area contributed by atoms with Gasteiger partial charge in [-0.1, -0.05) is 63.6 Å². The molecule has 0 spiro atoms. The fourth-order valence-corrected chi connectivity index (χ4v) is 5.86. The lowest BCUT2D eigenvalue weighted by Gasteiger charge is -2.44. The van der Waals surface area contributed by atoms with E-state index < -0.39 is 5.92 Å². The molecule has 0 fully saturated rings. The smallest absolute Gasteiger partial charge is 0.162 e. The number of ketones is 2. The molecule has 3 aliphatic rings. The molecule has 0 unspecified atom stereocenters. The summed E-state index contributed by atoms with van der Waals surface area (Å²) >= 11 is 13.1. The van der Waals surface area contributed by atoms with Crippen molar-refractivity contribution in [1.82, 2.24) is 5.32 Å². The minimum atomic E-state index is -0.475. The average molecular weight is 474 g/mol. The number of rotatable bonds is 4. The second kappa shape index (κ2) is 8.07. The molecule has 0 aromatic heterocycles. The van der Waals surface area contributed by atoms with Crippen molar-refractivity contribution in [2.45, 2.75) is 59.3 Å². The molecule has 32 heavy (non-hydrogen) atoms. The minimum Gasteiger partial charge on any atom is -0.486 e. The van der Waals surface area contributed by atoms with Gasteiger partial charge in [-0.3, -0.25) is 9.59 Å². The summed E-state index contributed by atoms with van der Waals surface area (Å²) in [7, 11) is 0. The maximum Gasteiger partial charge on any atom is 0.162 e. The van der Waals surface area contributed by atoms with Crippen LogP contribution in [0.1, 0.15) is 64.9 Å². The Morgan fingerprint density at radius 1 is 0.969 bits per heavy atom. The van der Waals surface area contributed by atoms with Gasteiger partial charge in [0, 0.05) is 41.3 Å². The third-order valence-electron chi connectivity index (χ3n) is 6.42. The maximum atomic E-state index is 13.4. The van der Waals surface area contributed by atoms with Gasteiger partial charge in [0.25, 0.3) is 0 Å². The third-order valence-corrected chi connectivity index (χ3v) is 6.98. The van der Waals surface area contributed by atoms with Crippen LogP contribution in [0.15, 0.2) is 47.3 Å². The quantitative estimate of drug-likeness (QED) is 0.504. The van der Waals surface area contributed by atoms with Crippen LogP contribution in [0.25, 0.3) is 0 Å². The molecule has 170 valence electrons. The first-order chi connectivity index (χ1) is 14.9. The van der Waals surface area contributed by atoms with Crippen molar-refractivity contribution >= 4 is 34.8 Å². The van der Waals surface area contributed by atoms with Crippen LogP contribution in [0.5, 0.6) is 5.75 Å². The van der Waals surface area contributed by atoms with Crippen LogP contribution < -0.4 is 10.1 Å². The predicted octanol–water partition coefficient (Wildman–Crippen LogP) is 6.53. The first kappa shape index (κ1) is 23.1. The number of allylic oxidation sites excluding steroid dienone is 4. The zero-order chi connectivity index (χ0) is 23.4. The van der Waals surface area contributed by atoms with Crippen molar-refractivity contribution in [2.75, 3.05) is 6.61 Å². The van der Waals surface area contributed by atoms with Crippen molar-refractivity contribution in [3.8, 4) is 5.75 Å². The number of hydrogen-bond acceptors (Lipinski definition) is 4. The zero-order valence-electron chi connectivity index (χ0n) is 19.0. The molecule has 0 amide bonds. The minimum absolute atomic E-state index is 0.0668. The summed E-state index contributed by atoms with van der Waals surface area (Å²) in [6, 6.07) is 3.55. The highest BCUT2D eigenvalue weighted by Gasteiger charge is 2.46. The van der Waals surface area contributed by atoms with Crippen LogP contribution in [0.2, 0.25) is 10.0 Å². The van der Waals surface area contributed by atoms with Crippen LogP contribution >= 0.6 is 23.2 Å². The SMILES string of the molecule is C=CCOc1c(Cl)cc(C2C3=C(CC(C)(C)CC3=O)NC3=C2C(=O)CC(C)(C)C3)cc1Cl. The van der Waals surface area contributed by atoms with Gasteiger partial charge in [0.05, 0.1) is 10.0 Å². The molecule has 4 rings (SSSR count). The van der Waals surface area contributed by atoms with E-state index in [1.807, 2.05) is 0 Å². The molecule has 1 aliphatic heterocycles. The van der Waals surface area contributed by atoms with E-state index in [0.29, 0.717) is 39.8 Å². The summed E-state index contributed by atoms with van der Waals surface area (Å²) in [5.74, 6) is 0.0350. The molecule has 1 aromatic carbocycles. The Kier molecular flexibility index (Phi) is 5.83. The monoisotopic (exact) mass is 473 g/mol. The van der Waals surface area contributed by atoms with E-state index in [-0.39, 0.29) is 29.0 Å². The summed E-state index contributed by atoms with van der Waals surface area (Å²) in [6.45, 7) is 12.3. The van der Waals surface area contributed by atoms with E-state index in [1.54, 1.807) is 18.2 Å². The number of carbonyl (C=O) groups is 2. The number of benzene rings is 1. The fourth-order valence-electron chi connectivity index (χ4n) is 5.25. The highest BCUT2D eigenvalue weighted by Crippen LogP contribution is 2.52.